The van der Waals surface area contributed by atoms with E-state index in [2.05, 4.69) is 81.8 Å². The van der Waals surface area contributed by atoms with E-state index >= 15 is 0 Å². The Morgan fingerprint density at radius 1 is 0.985 bits per heavy atom. The number of halogens is 1. The number of aromatic amines is 1. The highest BCUT2D eigenvalue weighted by molar-refractivity contribution is 7.90. The molecule has 2 atom stereocenters. The molecule has 67 heavy (non-hydrogen) atoms. The molecule has 4 aliphatic rings. The number of hydrogen-bond donors (Lipinski definition) is 3. The van der Waals surface area contributed by atoms with Gasteiger partial charge in [0.15, 0.2) is 5.75 Å². The molecule has 2 aliphatic carbocycles. The number of methoxy groups -OCH3 is 1. The number of carbonyl (C=O) groups excluding carboxylic acids is 1. The first-order chi connectivity index (χ1) is 32.0. The first-order valence-electron chi connectivity index (χ1n) is 23.7. The number of H-pyrrole nitrogens is 1. The summed E-state index contributed by atoms with van der Waals surface area (Å²) in [5, 5.41) is 15.5. The summed E-state index contributed by atoms with van der Waals surface area (Å²) in [6.45, 7) is 13.2. The third kappa shape index (κ3) is 9.56. The first-order valence-corrected chi connectivity index (χ1v) is 25.2. The number of aromatic nitrogens is 2. The van der Waals surface area contributed by atoms with Crippen molar-refractivity contribution in [3.8, 4) is 17.4 Å². The van der Waals surface area contributed by atoms with E-state index in [0.717, 1.165) is 82.7 Å². The molecule has 1 spiro atoms. The number of sulfonamides is 1. The van der Waals surface area contributed by atoms with E-state index in [9.17, 15) is 27.7 Å². The van der Waals surface area contributed by atoms with E-state index in [1.54, 1.807) is 12.1 Å². The fraction of sp³-hybridized carbons (Fsp3) is 0.490. The lowest BCUT2D eigenvalue weighted by Gasteiger charge is -2.57. The van der Waals surface area contributed by atoms with E-state index in [0.29, 0.717) is 30.3 Å². The Kier molecular flexibility index (Phi) is 12.7. The summed E-state index contributed by atoms with van der Waals surface area (Å²) in [6.07, 6.45) is 10.9. The summed E-state index contributed by atoms with van der Waals surface area (Å²) in [7, 11) is -3.24. The quantitative estimate of drug-likeness (QED) is 0.0715. The average molecular weight is 936 g/mol. The Balaban J connectivity index is 0.927. The van der Waals surface area contributed by atoms with Gasteiger partial charge in [-0.05, 0) is 115 Å². The van der Waals surface area contributed by atoms with Crippen molar-refractivity contribution in [2.45, 2.75) is 108 Å². The predicted octanol–water partition coefficient (Wildman–Crippen LogP) is 10.5. The van der Waals surface area contributed by atoms with Gasteiger partial charge in [0.2, 0.25) is 0 Å². The van der Waals surface area contributed by atoms with Crippen LogP contribution in [0.2, 0.25) is 0 Å². The molecular weight excluding hydrogens is 874 g/mol. The van der Waals surface area contributed by atoms with Gasteiger partial charge in [0.1, 0.15) is 22.9 Å². The number of piperidine rings is 1. The minimum Gasteiger partial charge on any atom is -0.478 e. The van der Waals surface area contributed by atoms with Crippen LogP contribution in [0.25, 0.3) is 11.0 Å². The lowest BCUT2D eigenvalue weighted by atomic mass is 9.70. The Morgan fingerprint density at radius 3 is 2.45 bits per heavy atom. The van der Waals surface area contributed by atoms with Gasteiger partial charge >= 0.3 is 0 Å². The minimum absolute atomic E-state index is 0.00611. The number of carbonyl (C=O) groups is 1. The van der Waals surface area contributed by atoms with Crippen molar-refractivity contribution < 1.29 is 32.0 Å². The standard InChI is InChI=1S/C51H62FN7O7S/c1-32(2)36-9-6-7-10-37(36)38-11-8-12-43(38)58-30-51(31-58)21-23-57(24-22-51)34-13-15-39(45(25-34)66-46-27-40-41(52)29-54-47(40)55-49(46)65-5)48(60)56-67(63,64)35-14-16-42(44(26-35)59(61)62)53-28-33-17-19-50(3,4)20-18-33/h6-7,9-10,13-16,25-27,29,32-33,38,43,53H,8,11-12,17-24,28,30-31H2,1-5H3,(H,54,55)(H,56,60)/t38-,43-/m0/s1. The van der Waals surface area contributed by atoms with Crippen LogP contribution in [0.4, 0.5) is 21.5 Å². The van der Waals surface area contributed by atoms with E-state index in [-0.39, 0.29) is 50.5 Å². The second kappa shape index (κ2) is 18.4. The number of benzene rings is 3. The van der Waals surface area contributed by atoms with E-state index in [4.69, 9.17) is 9.47 Å². The summed E-state index contributed by atoms with van der Waals surface area (Å²) in [5.74, 6) is -0.216. The van der Waals surface area contributed by atoms with Crippen molar-refractivity contribution in [1.29, 1.82) is 0 Å². The number of pyridine rings is 1. The molecule has 3 aromatic carbocycles. The lowest BCUT2D eigenvalue weighted by Crippen LogP contribution is -2.63. The van der Waals surface area contributed by atoms with Crippen LogP contribution >= 0.6 is 0 Å². The molecule has 14 nitrogen and oxygen atoms in total. The second-order valence-corrected chi connectivity index (χ2v) is 22.1. The number of nitrogens with zero attached hydrogens (tertiary/aromatic N) is 4. The molecule has 0 radical (unpaired) electrons. The van der Waals surface area contributed by atoms with E-state index in [1.807, 2.05) is 0 Å². The molecule has 4 heterocycles. The maximum atomic E-state index is 14.8. The monoisotopic (exact) mass is 935 g/mol. The summed E-state index contributed by atoms with van der Waals surface area (Å²) in [5.41, 5.74) is 4.10. The minimum atomic E-state index is -4.63. The Bertz CT molecular complexity index is 2770. The molecule has 2 aliphatic heterocycles. The van der Waals surface area contributed by atoms with Crippen molar-refractivity contribution in [2.24, 2.45) is 16.7 Å². The zero-order chi connectivity index (χ0) is 47.3. The van der Waals surface area contributed by atoms with Crippen LogP contribution < -0.4 is 24.4 Å². The third-order valence-electron chi connectivity index (χ3n) is 15.1. The van der Waals surface area contributed by atoms with Gasteiger partial charge in [-0.1, -0.05) is 58.4 Å². The van der Waals surface area contributed by atoms with Gasteiger partial charge < -0.3 is 24.7 Å². The molecule has 3 N–H and O–H groups in total. The normalized spacial score (nSPS) is 20.8. The van der Waals surface area contributed by atoms with E-state index in [1.165, 1.54) is 61.8 Å². The fourth-order valence-electron chi connectivity index (χ4n) is 11.1. The lowest BCUT2D eigenvalue weighted by molar-refractivity contribution is -0.384. The molecule has 2 aromatic heterocycles. The Morgan fingerprint density at radius 2 is 1.73 bits per heavy atom. The molecule has 9 rings (SSSR count). The highest BCUT2D eigenvalue weighted by Crippen LogP contribution is 2.49. The molecule has 4 fully saturated rings. The number of fused-ring (bicyclic) bond motifs is 1. The van der Waals surface area contributed by atoms with Crippen LogP contribution in [0.15, 0.2) is 77.8 Å². The van der Waals surface area contributed by atoms with Gasteiger partial charge in [-0.2, -0.15) is 4.98 Å². The topological polar surface area (TPSA) is 172 Å². The van der Waals surface area contributed by atoms with Crippen molar-refractivity contribution in [3.05, 3.63) is 106 Å². The summed E-state index contributed by atoms with van der Waals surface area (Å²) in [4.78, 5) is 37.3. The molecule has 0 unspecified atom stereocenters. The second-order valence-electron chi connectivity index (χ2n) is 20.5. The Hall–Kier alpha value is -5.74. The Labute approximate surface area is 392 Å². The number of nitro benzene ring substituents is 1. The fourth-order valence-corrected chi connectivity index (χ4v) is 12.1. The van der Waals surface area contributed by atoms with Gasteiger partial charge in [-0.15, -0.1) is 0 Å². The number of amides is 1. The highest BCUT2D eigenvalue weighted by Gasteiger charge is 2.49. The molecule has 1 amide bonds. The van der Waals surface area contributed by atoms with Crippen molar-refractivity contribution in [3.63, 3.8) is 0 Å². The smallest absolute Gasteiger partial charge is 0.293 e. The molecule has 16 heteroatoms. The SMILES string of the molecule is COc1nc2[nH]cc(F)c2cc1Oc1cc(N2CCC3(CC2)CN([C@H]2CCC[C@H]2c2ccccc2C(C)C)C3)ccc1C(=O)NS(=O)(=O)c1ccc(NCC2CCC(C)(C)CC2)c([N+](=O)[O-])c1. The van der Waals surface area contributed by atoms with Crippen LogP contribution in [0, 0.1) is 32.7 Å². The van der Waals surface area contributed by atoms with Crippen LogP contribution in [-0.2, 0) is 10.0 Å². The third-order valence-corrected chi connectivity index (χ3v) is 16.5. The largest absolute Gasteiger partial charge is 0.478 e. The van der Waals surface area contributed by atoms with Gasteiger partial charge in [-0.3, -0.25) is 19.8 Å². The first kappa shape index (κ1) is 46.4. The number of nitro groups is 1. The number of hydrogen-bond acceptors (Lipinski definition) is 11. The predicted molar refractivity (Wildman–Crippen MR) is 257 cm³/mol. The number of likely N-dealkylation sites (tertiary alicyclic amines) is 1. The molecule has 356 valence electrons. The van der Waals surface area contributed by atoms with Crippen molar-refractivity contribution in [2.75, 3.05) is 50.1 Å². The van der Waals surface area contributed by atoms with Crippen LogP contribution in [0.3, 0.4) is 0 Å². The van der Waals surface area contributed by atoms with Crippen LogP contribution in [0.5, 0.6) is 17.4 Å². The molecular formula is C51H62FN7O7S. The summed E-state index contributed by atoms with van der Waals surface area (Å²) in [6, 6.07) is 19.4. The summed E-state index contributed by atoms with van der Waals surface area (Å²) < 4.78 is 56.5. The molecule has 2 saturated heterocycles. The maximum Gasteiger partial charge on any atom is 0.293 e. The van der Waals surface area contributed by atoms with Crippen LogP contribution in [-0.4, -0.2) is 80.0 Å². The van der Waals surface area contributed by atoms with Crippen LogP contribution in [0.1, 0.15) is 119 Å². The highest BCUT2D eigenvalue weighted by atomic mass is 32.2. The molecule has 0 bridgehead atoms. The van der Waals surface area contributed by atoms with Gasteiger partial charge in [0.05, 0.1) is 27.9 Å². The number of rotatable bonds is 14. The number of ether oxygens (including phenoxy) is 2. The summed E-state index contributed by atoms with van der Waals surface area (Å²) >= 11 is 0. The zero-order valence-corrected chi connectivity index (χ0v) is 39.9. The van der Waals surface area contributed by atoms with Gasteiger partial charge in [0.25, 0.3) is 27.5 Å². The van der Waals surface area contributed by atoms with Crippen molar-refractivity contribution in [1.82, 2.24) is 19.6 Å². The molecule has 5 aromatic rings. The number of nitrogens with one attached hydrogen (secondary N) is 3. The number of anilines is 2. The van der Waals surface area contributed by atoms with Gasteiger partial charge in [-0.25, -0.2) is 17.5 Å². The van der Waals surface area contributed by atoms with E-state index < -0.39 is 37.3 Å². The maximum absolute atomic E-state index is 14.8. The average Bonchev–Trinajstić information content (AvgIpc) is 3.93. The van der Waals surface area contributed by atoms with Crippen molar-refractivity contribution >= 4 is 44.0 Å². The van der Waals surface area contributed by atoms with Gasteiger partial charge in [0, 0.05) is 68.8 Å². The zero-order valence-electron chi connectivity index (χ0n) is 39.1. The molecule has 2 saturated carbocycles.